The normalized spacial score (nSPS) is 15.6. The van der Waals surface area contributed by atoms with Crippen molar-refractivity contribution < 1.29 is 14.2 Å². The maximum Gasteiger partial charge on any atom is 0.271 e. The number of thiazole rings is 1. The van der Waals surface area contributed by atoms with Crippen LogP contribution >= 0.6 is 22.9 Å². The van der Waals surface area contributed by atoms with Crippen molar-refractivity contribution in [1.82, 2.24) is 4.57 Å². The first-order valence-electron chi connectivity index (χ1n) is 14.4. The molecule has 0 unspecified atom stereocenters. The van der Waals surface area contributed by atoms with E-state index in [0.29, 0.717) is 32.5 Å². The number of aromatic nitrogens is 1. The number of halogens is 1. The van der Waals surface area contributed by atoms with Crippen molar-refractivity contribution in [3.63, 3.8) is 0 Å². The van der Waals surface area contributed by atoms with Crippen LogP contribution in [-0.4, -0.2) is 18.8 Å². The third-order valence-electron chi connectivity index (χ3n) is 8.13. The molecule has 6 nitrogen and oxygen atoms in total. The molecule has 1 atom stereocenters. The van der Waals surface area contributed by atoms with Crippen molar-refractivity contribution in [3.05, 3.63) is 149 Å². The quantitative estimate of drug-likeness (QED) is 0.207. The molecule has 7 rings (SSSR count). The minimum absolute atomic E-state index is 0.0713. The van der Waals surface area contributed by atoms with Gasteiger partial charge in [0.25, 0.3) is 5.56 Å². The largest absolute Gasteiger partial charge is 0.493 e. The highest BCUT2D eigenvalue weighted by atomic mass is 35.5. The van der Waals surface area contributed by atoms with Gasteiger partial charge in [-0.3, -0.25) is 9.36 Å². The van der Waals surface area contributed by atoms with Crippen LogP contribution in [0.4, 0.5) is 0 Å². The van der Waals surface area contributed by atoms with E-state index in [1.807, 2.05) is 83.4 Å². The van der Waals surface area contributed by atoms with Gasteiger partial charge in [0.05, 0.1) is 30.5 Å². The van der Waals surface area contributed by atoms with Crippen LogP contribution in [0.25, 0.3) is 11.8 Å². The molecule has 8 heteroatoms. The SMILES string of the molecule is COc1ccc([C@@H]2C3=C(N=c4s/c(=C/c5ccc(OCc6ccccc6Cl)cc5)c(=O)n42)c2ccccc2CC3)cc1OC. The van der Waals surface area contributed by atoms with Crippen molar-refractivity contribution in [3.8, 4) is 17.2 Å². The zero-order chi connectivity index (χ0) is 30.2. The number of hydrogen-bond donors (Lipinski definition) is 0. The fraction of sp³-hybridized carbons (Fsp3) is 0.167. The first-order valence-corrected chi connectivity index (χ1v) is 15.5. The summed E-state index contributed by atoms with van der Waals surface area (Å²) in [5.74, 6) is 1.99. The Kier molecular flexibility index (Phi) is 7.58. The molecule has 0 fully saturated rings. The molecule has 44 heavy (non-hydrogen) atoms. The minimum Gasteiger partial charge on any atom is -0.493 e. The van der Waals surface area contributed by atoms with E-state index in [0.717, 1.165) is 52.1 Å². The molecule has 0 amide bonds. The molecule has 2 heterocycles. The van der Waals surface area contributed by atoms with Gasteiger partial charge in [0.15, 0.2) is 16.3 Å². The number of hydrogen-bond acceptors (Lipinski definition) is 6. The zero-order valence-corrected chi connectivity index (χ0v) is 25.8. The van der Waals surface area contributed by atoms with E-state index in [1.165, 1.54) is 16.9 Å². The highest BCUT2D eigenvalue weighted by Gasteiger charge is 2.33. The van der Waals surface area contributed by atoms with Gasteiger partial charge in [-0.05, 0) is 71.5 Å². The molecule has 1 aliphatic heterocycles. The van der Waals surface area contributed by atoms with Gasteiger partial charge in [-0.25, -0.2) is 4.99 Å². The van der Waals surface area contributed by atoms with Crippen LogP contribution in [0.15, 0.2) is 106 Å². The van der Waals surface area contributed by atoms with Gasteiger partial charge in [-0.15, -0.1) is 0 Å². The van der Waals surface area contributed by atoms with Crippen molar-refractivity contribution in [2.45, 2.75) is 25.5 Å². The predicted octanol–water partition coefficient (Wildman–Crippen LogP) is 6.57. The first-order chi connectivity index (χ1) is 21.5. The minimum atomic E-state index is -0.308. The zero-order valence-electron chi connectivity index (χ0n) is 24.2. The van der Waals surface area contributed by atoms with E-state index < -0.39 is 0 Å². The van der Waals surface area contributed by atoms with Crippen LogP contribution in [0.2, 0.25) is 5.02 Å². The predicted molar refractivity (Wildman–Crippen MR) is 175 cm³/mol. The van der Waals surface area contributed by atoms with Crippen LogP contribution in [0, 0.1) is 0 Å². The van der Waals surface area contributed by atoms with Gasteiger partial charge < -0.3 is 14.2 Å². The number of aryl methyl sites for hydroxylation is 1. The molecule has 1 aliphatic carbocycles. The molecular formula is C36H29ClN2O4S. The van der Waals surface area contributed by atoms with Gasteiger partial charge in [0.1, 0.15) is 12.4 Å². The van der Waals surface area contributed by atoms with Gasteiger partial charge in [-0.2, -0.15) is 0 Å². The van der Waals surface area contributed by atoms with Crippen molar-refractivity contribution in [2.75, 3.05) is 14.2 Å². The lowest BCUT2D eigenvalue weighted by atomic mass is 9.83. The second-order valence-electron chi connectivity index (χ2n) is 10.7. The lowest BCUT2D eigenvalue weighted by Gasteiger charge is -2.31. The average Bonchev–Trinajstić information content (AvgIpc) is 3.37. The van der Waals surface area contributed by atoms with E-state index >= 15 is 0 Å². The standard InChI is InChI=1S/C36H29ClN2O4S/c1-41-30-18-14-24(20-31(30)42-2)34-28-17-13-23-7-3-5-9-27(23)33(28)38-36-39(34)35(40)32(44-36)19-22-11-15-26(16-12-22)43-21-25-8-4-6-10-29(25)37/h3-12,14-16,18-20,34H,13,17,21H2,1-2H3/b32-19+/t34-/m1/s1. The molecule has 0 spiro atoms. The Balaban J connectivity index is 1.30. The summed E-state index contributed by atoms with van der Waals surface area (Å²) < 4.78 is 19.6. The molecule has 0 bridgehead atoms. The van der Waals surface area contributed by atoms with Crippen LogP contribution in [0.3, 0.4) is 0 Å². The molecule has 1 aromatic heterocycles. The van der Waals surface area contributed by atoms with Gasteiger partial charge in [0.2, 0.25) is 0 Å². The Labute approximate surface area is 263 Å². The Bertz CT molecular complexity index is 2100. The lowest BCUT2D eigenvalue weighted by molar-refractivity contribution is 0.306. The number of ether oxygens (including phenoxy) is 3. The molecule has 0 saturated carbocycles. The monoisotopic (exact) mass is 620 g/mol. The van der Waals surface area contributed by atoms with E-state index in [2.05, 4.69) is 18.2 Å². The van der Waals surface area contributed by atoms with Crippen LogP contribution < -0.4 is 29.1 Å². The Morgan fingerprint density at radius 2 is 1.70 bits per heavy atom. The molecule has 220 valence electrons. The Hall–Kier alpha value is -4.59. The molecule has 4 aromatic carbocycles. The second kappa shape index (κ2) is 11.8. The third kappa shape index (κ3) is 5.12. The topological polar surface area (TPSA) is 62.0 Å². The van der Waals surface area contributed by atoms with E-state index in [-0.39, 0.29) is 11.6 Å². The fourth-order valence-electron chi connectivity index (χ4n) is 5.93. The summed E-state index contributed by atoms with van der Waals surface area (Å²) in [6.07, 6.45) is 3.63. The molecule has 0 saturated heterocycles. The summed E-state index contributed by atoms with van der Waals surface area (Å²) >= 11 is 7.68. The number of fused-ring (bicyclic) bond motifs is 3. The van der Waals surface area contributed by atoms with Crippen molar-refractivity contribution in [2.24, 2.45) is 4.99 Å². The molecule has 0 N–H and O–H groups in total. The summed E-state index contributed by atoms with van der Waals surface area (Å²) in [5.41, 5.74) is 7.21. The van der Waals surface area contributed by atoms with Gasteiger partial charge in [-0.1, -0.05) is 83.6 Å². The Morgan fingerprint density at radius 3 is 2.50 bits per heavy atom. The molecular weight excluding hydrogens is 592 g/mol. The van der Waals surface area contributed by atoms with Gasteiger partial charge in [0, 0.05) is 16.1 Å². The number of benzene rings is 4. The number of allylic oxidation sites excluding steroid dienone is 1. The number of rotatable bonds is 7. The summed E-state index contributed by atoms with van der Waals surface area (Å²) in [7, 11) is 3.25. The van der Waals surface area contributed by atoms with Crippen molar-refractivity contribution in [1.29, 1.82) is 0 Å². The summed E-state index contributed by atoms with van der Waals surface area (Å²) in [6.45, 7) is 0.377. The maximum atomic E-state index is 14.1. The molecule has 0 radical (unpaired) electrons. The fourth-order valence-corrected chi connectivity index (χ4v) is 7.12. The third-order valence-corrected chi connectivity index (χ3v) is 9.48. The highest BCUT2D eigenvalue weighted by molar-refractivity contribution is 7.07. The van der Waals surface area contributed by atoms with Crippen LogP contribution in [0.5, 0.6) is 17.2 Å². The van der Waals surface area contributed by atoms with Gasteiger partial charge >= 0.3 is 0 Å². The summed E-state index contributed by atoms with van der Waals surface area (Å²) in [6, 6.07) is 29.3. The summed E-state index contributed by atoms with van der Waals surface area (Å²) in [5, 5.41) is 0.677. The van der Waals surface area contributed by atoms with E-state index in [1.54, 1.807) is 14.2 Å². The lowest BCUT2D eigenvalue weighted by Crippen LogP contribution is -2.38. The second-order valence-corrected chi connectivity index (χ2v) is 12.1. The van der Waals surface area contributed by atoms with Crippen LogP contribution in [0.1, 0.15) is 40.3 Å². The van der Waals surface area contributed by atoms with Crippen LogP contribution in [-0.2, 0) is 13.0 Å². The molecule has 5 aromatic rings. The first kappa shape index (κ1) is 28.2. The van der Waals surface area contributed by atoms with Crippen molar-refractivity contribution >= 4 is 34.7 Å². The van der Waals surface area contributed by atoms with E-state index in [9.17, 15) is 4.79 Å². The van der Waals surface area contributed by atoms with E-state index in [4.69, 9.17) is 30.8 Å². The maximum absolute atomic E-state index is 14.1. The summed E-state index contributed by atoms with van der Waals surface area (Å²) in [4.78, 5) is 19.9. The smallest absolute Gasteiger partial charge is 0.271 e. The average molecular weight is 621 g/mol. The number of methoxy groups -OCH3 is 2. The highest BCUT2D eigenvalue weighted by Crippen LogP contribution is 2.42. The number of nitrogens with zero attached hydrogens (tertiary/aromatic N) is 2. The molecule has 2 aliphatic rings. The Morgan fingerprint density at radius 1 is 0.932 bits per heavy atom.